The van der Waals surface area contributed by atoms with E-state index >= 15 is 0 Å². The standard InChI is InChI=1S/C15H20N2O3/c1-10-5-4-6-12(9-10)16(3)15(20)17-8-7-13(11(17)2)14(18)19/h4-6,9,11,13H,7-8H2,1-3H3,(H,18,19). The Balaban J connectivity index is 2.14. The highest BCUT2D eigenvalue weighted by molar-refractivity contribution is 5.92. The fraction of sp³-hybridized carbons (Fsp3) is 0.467. The summed E-state index contributed by atoms with van der Waals surface area (Å²) in [6.45, 7) is 4.27. The molecule has 1 fully saturated rings. The number of hydrogen-bond acceptors (Lipinski definition) is 2. The summed E-state index contributed by atoms with van der Waals surface area (Å²) in [4.78, 5) is 26.8. The van der Waals surface area contributed by atoms with Gasteiger partial charge in [-0.2, -0.15) is 0 Å². The van der Waals surface area contributed by atoms with Crippen LogP contribution in [0.2, 0.25) is 0 Å². The molecule has 0 spiro atoms. The Kier molecular flexibility index (Phi) is 3.97. The van der Waals surface area contributed by atoms with Gasteiger partial charge >= 0.3 is 12.0 Å². The molecule has 1 heterocycles. The van der Waals surface area contributed by atoms with Crippen molar-refractivity contribution >= 4 is 17.7 Å². The Morgan fingerprint density at radius 1 is 1.40 bits per heavy atom. The zero-order chi connectivity index (χ0) is 14.9. The Morgan fingerprint density at radius 3 is 2.65 bits per heavy atom. The largest absolute Gasteiger partial charge is 0.481 e. The van der Waals surface area contributed by atoms with Crippen molar-refractivity contribution < 1.29 is 14.7 Å². The number of amides is 2. The van der Waals surface area contributed by atoms with Gasteiger partial charge in [-0.05, 0) is 38.0 Å². The number of carboxylic acids is 1. The minimum absolute atomic E-state index is 0.146. The fourth-order valence-corrected chi connectivity index (χ4v) is 2.68. The summed E-state index contributed by atoms with van der Waals surface area (Å²) in [6.07, 6.45) is 0.518. The Bertz CT molecular complexity index is 530. The molecule has 2 unspecified atom stereocenters. The fourth-order valence-electron chi connectivity index (χ4n) is 2.68. The first-order chi connectivity index (χ1) is 9.41. The molecule has 20 heavy (non-hydrogen) atoms. The van der Waals surface area contributed by atoms with Gasteiger partial charge in [-0.15, -0.1) is 0 Å². The highest BCUT2D eigenvalue weighted by Crippen LogP contribution is 2.26. The second kappa shape index (κ2) is 5.53. The molecule has 2 atom stereocenters. The van der Waals surface area contributed by atoms with Gasteiger partial charge in [0.25, 0.3) is 0 Å². The molecule has 1 saturated heterocycles. The average molecular weight is 276 g/mol. The van der Waals surface area contributed by atoms with Gasteiger partial charge in [-0.1, -0.05) is 12.1 Å². The van der Waals surface area contributed by atoms with Gasteiger partial charge in [0.05, 0.1) is 5.92 Å². The van der Waals surface area contributed by atoms with Gasteiger partial charge in [0.15, 0.2) is 0 Å². The molecule has 1 aliphatic heterocycles. The van der Waals surface area contributed by atoms with E-state index in [0.29, 0.717) is 13.0 Å². The number of carboxylic acid groups (broad SMARTS) is 1. The van der Waals surface area contributed by atoms with E-state index in [4.69, 9.17) is 5.11 Å². The van der Waals surface area contributed by atoms with Gasteiger partial charge in [0, 0.05) is 25.3 Å². The van der Waals surface area contributed by atoms with Crippen molar-refractivity contribution in [1.29, 1.82) is 0 Å². The van der Waals surface area contributed by atoms with Crippen molar-refractivity contribution in [2.45, 2.75) is 26.3 Å². The molecule has 0 aromatic heterocycles. The molecule has 0 saturated carbocycles. The van der Waals surface area contributed by atoms with Gasteiger partial charge in [-0.3, -0.25) is 9.69 Å². The lowest BCUT2D eigenvalue weighted by Crippen LogP contribution is -2.44. The lowest BCUT2D eigenvalue weighted by Gasteiger charge is -2.29. The molecule has 5 nitrogen and oxygen atoms in total. The van der Waals surface area contributed by atoms with E-state index in [2.05, 4.69) is 0 Å². The molecule has 0 radical (unpaired) electrons. The topological polar surface area (TPSA) is 60.9 Å². The molecule has 2 rings (SSSR count). The number of likely N-dealkylation sites (tertiary alicyclic amines) is 1. The van der Waals surface area contributed by atoms with Gasteiger partial charge in [-0.25, -0.2) is 4.79 Å². The lowest BCUT2D eigenvalue weighted by atomic mass is 10.0. The number of urea groups is 1. The number of anilines is 1. The second-order valence-corrected chi connectivity index (χ2v) is 5.35. The van der Waals surface area contributed by atoms with Crippen LogP contribution in [0.4, 0.5) is 10.5 Å². The third-order valence-electron chi connectivity index (χ3n) is 3.99. The minimum atomic E-state index is -0.828. The maximum atomic E-state index is 12.5. The molecule has 0 aliphatic carbocycles. The quantitative estimate of drug-likeness (QED) is 0.902. The number of nitrogens with zero attached hydrogens (tertiary/aromatic N) is 2. The molecule has 5 heteroatoms. The molecule has 0 bridgehead atoms. The Hall–Kier alpha value is -2.04. The number of carbonyl (C=O) groups is 2. The van der Waals surface area contributed by atoms with Crippen LogP contribution in [0.25, 0.3) is 0 Å². The molecular weight excluding hydrogens is 256 g/mol. The van der Waals surface area contributed by atoms with Crippen LogP contribution in [0.5, 0.6) is 0 Å². The zero-order valence-corrected chi connectivity index (χ0v) is 12.0. The van der Waals surface area contributed by atoms with E-state index in [1.54, 1.807) is 23.8 Å². The molecule has 1 N–H and O–H groups in total. The summed E-state index contributed by atoms with van der Waals surface area (Å²) in [6, 6.07) is 7.27. The van der Waals surface area contributed by atoms with Crippen LogP contribution in [0.3, 0.4) is 0 Å². The molecule has 108 valence electrons. The van der Waals surface area contributed by atoms with Gasteiger partial charge in [0.1, 0.15) is 0 Å². The van der Waals surface area contributed by atoms with Gasteiger partial charge < -0.3 is 10.0 Å². The summed E-state index contributed by atoms with van der Waals surface area (Å²) in [5, 5.41) is 9.12. The van der Waals surface area contributed by atoms with Gasteiger partial charge in [0.2, 0.25) is 0 Å². The SMILES string of the molecule is Cc1cccc(N(C)C(=O)N2CCC(C(=O)O)C2C)c1. The molecule has 1 aromatic carbocycles. The average Bonchev–Trinajstić information content (AvgIpc) is 2.79. The molecular formula is C15H20N2O3. The first-order valence-corrected chi connectivity index (χ1v) is 6.75. The zero-order valence-electron chi connectivity index (χ0n) is 12.0. The van der Waals surface area contributed by atoms with E-state index < -0.39 is 11.9 Å². The van der Waals surface area contributed by atoms with E-state index in [1.807, 2.05) is 31.2 Å². The van der Waals surface area contributed by atoms with Crippen LogP contribution in [0.1, 0.15) is 18.9 Å². The van der Waals surface area contributed by atoms with Crippen LogP contribution < -0.4 is 4.90 Å². The van der Waals surface area contributed by atoms with Crippen molar-refractivity contribution in [3.8, 4) is 0 Å². The predicted octanol–water partition coefficient (Wildman–Crippen LogP) is 2.35. The smallest absolute Gasteiger partial charge is 0.324 e. The van der Waals surface area contributed by atoms with E-state index in [0.717, 1.165) is 11.3 Å². The van der Waals surface area contributed by atoms with Crippen LogP contribution in [-0.4, -0.2) is 41.6 Å². The third kappa shape index (κ3) is 2.61. The third-order valence-corrected chi connectivity index (χ3v) is 3.99. The molecule has 2 amide bonds. The number of rotatable bonds is 2. The van der Waals surface area contributed by atoms with Crippen molar-refractivity contribution in [2.75, 3.05) is 18.5 Å². The normalized spacial score (nSPS) is 21.9. The van der Waals surface area contributed by atoms with Crippen molar-refractivity contribution in [1.82, 2.24) is 4.90 Å². The maximum Gasteiger partial charge on any atom is 0.324 e. The maximum absolute atomic E-state index is 12.5. The lowest BCUT2D eigenvalue weighted by molar-refractivity contribution is -0.142. The highest BCUT2D eigenvalue weighted by atomic mass is 16.4. The van der Waals surface area contributed by atoms with Crippen LogP contribution >= 0.6 is 0 Å². The summed E-state index contributed by atoms with van der Waals surface area (Å²) in [5.74, 6) is -1.30. The van der Waals surface area contributed by atoms with Crippen molar-refractivity contribution in [3.05, 3.63) is 29.8 Å². The van der Waals surface area contributed by atoms with E-state index in [1.165, 1.54) is 0 Å². The minimum Gasteiger partial charge on any atom is -0.481 e. The summed E-state index contributed by atoms with van der Waals surface area (Å²) >= 11 is 0. The summed E-state index contributed by atoms with van der Waals surface area (Å²) in [7, 11) is 1.72. The summed E-state index contributed by atoms with van der Waals surface area (Å²) in [5.41, 5.74) is 1.90. The van der Waals surface area contributed by atoms with Crippen LogP contribution in [-0.2, 0) is 4.79 Å². The Morgan fingerprint density at radius 2 is 2.10 bits per heavy atom. The van der Waals surface area contributed by atoms with E-state index in [9.17, 15) is 9.59 Å². The number of hydrogen-bond donors (Lipinski definition) is 1. The first kappa shape index (κ1) is 14.4. The monoisotopic (exact) mass is 276 g/mol. The molecule has 1 aliphatic rings. The Labute approximate surface area is 118 Å². The predicted molar refractivity (Wildman–Crippen MR) is 76.9 cm³/mol. The first-order valence-electron chi connectivity index (χ1n) is 6.75. The number of carbonyl (C=O) groups excluding carboxylic acids is 1. The van der Waals surface area contributed by atoms with Crippen molar-refractivity contribution in [3.63, 3.8) is 0 Å². The summed E-state index contributed by atoms with van der Waals surface area (Å²) < 4.78 is 0. The number of aliphatic carboxylic acids is 1. The number of aryl methyl sites for hydroxylation is 1. The highest BCUT2D eigenvalue weighted by Gasteiger charge is 2.39. The second-order valence-electron chi connectivity index (χ2n) is 5.35. The van der Waals surface area contributed by atoms with Crippen LogP contribution in [0, 0.1) is 12.8 Å². The van der Waals surface area contributed by atoms with E-state index in [-0.39, 0.29) is 12.1 Å². The molecule has 1 aromatic rings. The van der Waals surface area contributed by atoms with Crippen LogP contribution in [0.15, 0.2) is 24.3 Å². The van der Waals surface area contributed by atoms with Crippen molar-refractivity contribution in [2.24, 2.45) is 5.92 Å². The number of benzene rings is 1.